The fourth-order valence-electron chi connectivity index (χ4n) is 3.10. The lowest BCUT2D eigenvalue weighted by molar-refractivity contribution is 0.131. The molecule has 1 saturated heterocycles. The highest BCUT2D eigenvalue weighted by Crippen LogP contribution is 2.36. The second-order valence-electron chi connectivity index (χ2n) is 6.73. The van der Waals surface area contributed by atoms with Crippen molar-refractivity contribution in [2.24, 2.45) is 5.10 Å². The number of hydrogen-bond acceptors (Lipinski definition) is 6. The number of piperazine rings is 1. The quantitative estimate of drug-likeness (QED) is 0.794. The van der Waals surface area contributed by atoms with E-state index in [0.717, 1.165) is 38.3 Å². The first-order chi connectivity index (χ1) is 13.1. The first kappa shape index (κ1) is 19.0. The molecule has 0 radical (unpaired) electrons. The summed E-state index contributed by atoms with van der Waals surface area (Å²) < 4.78 is 10.4. The molecule has 27 heavy (non-hydrogen) atoms. The number of methoxy groups -OCH3 is 2. The molecule has 0 amide bonds. The van der Waals surface area contributed by atoms with Crippen LogP contribution in [0.2, 0.25) is 0 Å². The molecule has 3 rings (SSSR count). The molecule has 0 saturated carbocycles. The molecule has 0 bridgehead atoms. The first-order valence-electron chi connectivity index (χ1n) is 9.11. The molecule has 1 aliphatic heterocycles. The first-order valence-corrected chi connectivity index (χ1v) is 9.11. The maximum Gasteiger partial charge on any atom is 0.200 e. The Bertz CT molecular complexity index is 757. The lowest BCUT2D eigenvalue weighted by Gasteiger charge is -2.33. The van der Waals surface area contributed by atoms with Crippen LogP contribution in [0.1, 0.15) is 16.7 Å². The predicted octanol–water partition coefficient (Wildman–Crippen LogP) is 2.87. The molecule has 2 aromatic carbocycles. The van der Waals surface area contributed by atoms with Crippen LogP contribution in [0.5, 0.6) is 17.2 Å². The van der Waals surface area contributed by atoms with Crippen molar-refractivity contribution in [3.05, 3.63) is 53.1 Å². The zero-order valence-corrected chi connectivity index (χ0v) is 16.2. The monoisotopic (exact) mass is 369 g/mol. The zero-order chi connectivity index (χ0) is 19.2. The van der Waals surface area contributed by atoms with Gasteiger partial charge in [-0.25, -0.2) is 0 Å². The third-order valence-electron chi connectivity index (χ3n) is 4.75. The number of phenolic OH excluding ortho intramolecular Hbond substituents is 1. The molecular weight excluding hydrogens is 342 g/mol. The summed E-state index contributed by atoms with van der Waals surface area (Å²) in [5, 5.41) is 16.6. The van der Waals surface area contributed by atoms with Crippen molar-refractivity contribution in [1.82, 2.24) is 9.91 Å². The Morgan fingerprint density at radius 3 is 2.15 bits per heavy atom. The summed E-state index contributed by atoms with van der Waals surface area (Å²) in [6.45, 7) is 6.81. The van der Waals surface area contributed by atoms with Crippen molar-refractivity contribution in [2.75, 3.05) is 40.4 Å². The molecule has 2 aromatic rings. The number of aryl methyl sites for hydroxylation is 1. The van der Waals surface area contributed by atoms with Gasteiger partial charge in [0.05, 0.1) is 20.4 Å². The number of hydrogen-bond donors (Lipinski definition) is 1. The van der Waals surface area contributed by atoms with Gasteiger partial charge in [-0.05, 0) is 24.6 Å². The van der Waals surface area contributed by atoms with Gasteiger partial charge in [-0.15, -0.1) is 0 Å². The summed E-state index contributed by atoms with van der Waals surface area (Å²) in [6.07, 6.45) is 1.78. The van der Waals surface area contributed by atoms with E-state index in [2.05, 4.69) is 46.2 Å². The van der Waals surface area contributed by atoms with Crippen molar-refractivity contribution in [1.29, 1.82) is 0 Å². The van der Waals surface area contributed by atoms with Gasteiger partial charge in [0.25, 0.3) is 0 Å². The summed E-state index contributed by atoms with van der Waals surface area (Å²) in [5.41, 5.74) is 3.46. The van der Waals surface area contributed by atoms with E-state index >= 15 is 0 Å². The van der Waals surface area contributed by atoms with Crippen LogP contribution in [0.15, 0.2) is 41.5 Å². The maximum absolute atomic E-state index is 9.99. The van der Waals surface area contributed by atoms with Crippen molar-refractivity contribution >= 4 is 6.21 Å². The molecule has 0 spiro atoms. The molecule has 6 nitrogen and oxygen atoms in total. The van der Waals surface area contributed by atoms with Crippen LogP contribution in [-0.2, 0) is 6.54 Å². The van der Waals surface area contributed by atoms with Crippen molar-refractivity contribution in [3.63, 3.8) is 0 Å². The molecule has 1 heterocycles. The molecule has 1 fully saturated rings. The van der Waals surface area contributed by atoms with Gasteiger partial charge >= 0.3 is 0 Å². The Morgan fingerprint density at radius 2 is 1.59 bits per heavy atom. The average molecular weight is 369 g/mol. The van der Waals surface area contributed by atoms with Gasteiger partial charge in [-0.3, -0.25) is 9.91 Å². The summed E-state index contributed by atoms with van der Waals surface area (Å²) in [7, 11) is 3.03. The van der Waals surface area contributed by atoms with E-state index in [1.54, 1.807) is 18.3 Å². The third-order valence-corrected chi connectivity index (χ3v) is 4.75. The van der Waals surface area contributed by atoms with Crippen LogP contribution in [0.3, 0.4) is 0 Å². The SMILES string of the molecule is COc1cc(/C=N/N2CCN(Cc3ccc(C)cc3)CC2)cc(OC)c1O. The maximum atomic E-state index is 9.99. The van der Waals surface area contributed by atoms with Gasteiger partial charge in [0.1, 0.15) is 0 Å². The Balaban J connectivity index is 1.56. The predicted molar refractivity (Wildman–Crippen MR) is 107 cm³/mol. The highest BCUT2D eigenvalue weighted by Gasteiger charge is 2.16. The summed E-state index contributed by atoms with van der Waals surface area (Å²) in [4.78, 5) is 2.45. The van der Waals surface area contributed by atoms with Gasteiger partial charge in [0.15, 0.2) is 11.5 Å². The van der Waals surface area contributed by atoms with Gasteiger partial charge < -0.3 is 14.6 Å². The minimum Gasteiger partial charge on any atom is -0.502 e. The highest BCUT2D eigenvalue weighted by atomic mass is 16.5. The lowest BCUT2D eigenvalue weighted by Crippen LogP contribution is -2.43. The number of ether oxygens (including phenoxy) is 2. The van der Waals surface area contributed by atoms with E-state index in [4.69, 9.17) is 9.47 Å². The Morgan fingerprint density at radius 1 is 1.00 bits per heavy atom. The van der Waals surface area contributed by atoms with Crippen LogP contribution >= 0.6 is 0 Å². The topological polar surface area (TPSA) is 57.5 Å². The zero-order valence-electron chi connectivity index (χ0n) is 16.2. The van der Waals surface area contributed by atoms with Gasteiger partial charge in [-0.2, -0.15) is 5.10 Å². The molecule has 0 unspecified atom stereocenters. The van der Waals surface area contributed by atoms with Gasteiger partial charge in [0.2, 0.25) is 5.75 Å². The largest absolute Gasteiger partial charge is 0.502 e. The van der Waals surface area contributed by atoms with Crippen LogP contribution in [0.25, 0.3) is 0 Å². The van der Waals surface area contributed by atoms with E-state index in [9.17, 15) is 5.11 Å². The van der Waals surface area contributed by atoms with E-state index in [1.807, 2.05) is 0 Å². The minimum absolute atomic E-state index is 0.00173. The molecular formula is C21H27N3O3. The molecule has 6 heteroatoms. The van der Waals surface area contributed by atoms with Crippen LogP contribution in [-0.4, -0.2) is 61.6 Å². The Kier molecular flexibility index (Phi) is 6.19. The smallest absolute Gasteiger partial charge is 0.200 e. The van der Waals surface area contributed by atoms with Crippen LogP contribution < -0.4 is 9.47 Å². The standard InChI is InChI=1S/C21H27N3O3/c1-16-4-6-17(7-5-16)15-23-8-10-24(11-9-23)22-14-18-12-19(26-2)21(25)20(13-18)27-3/h4-7,12-14,25H,8-11,15H2,1-3H3/b22-14+. The van der Waals surface area contributed by atoms with Gasteiger partial charge in [0, 0.05) is 38.3 Å². The Labute approximate surface area is 160 Å². The van der Waals surface area contributed by atoms with Crippen molar-refractivity contribution < 1.29 is 14.6 Å². The van der Waals surface area contributed by atoms with E-state index in [0.29, 0.717) is 11.5 Å². The van der Waals surface area contributed by atoms with E-state index in [-0.39, 0.29) is 5.75 Å². The summed E-state index contributed by atoms with van der Waals surface area (Å²) >= 11 is 0. The molecule has 0 aromatic heterocycles. The number of nitrogens with zero attached hydrogens (tertiary/aromatic N) is 3. The fraction of sp³-hybridized carbons (Fsp3) is 0.381. The van der Waals surface area contributed by atoms with E-state index in [1.165, 1.54) is 25.3 Å². The fourth-order valence-corrected chi connectivity index (χ4v) is 3.10. The second kappa shape index (κ2) is 8.77. The minimum atomic E-state index is 0.00173. The van der Waals surface area contributed by atoms with Crippen LogP contribution in [0, 0.1) is 6.92 Å². The number of aromatic hydroxyl groups is 1. The number of hydrazone groups is 1. The number of phenols is 1. The number of benzene rings is 2. The molecule has 1 aliphatic rings. The average Bonchev–Trinajstić information content (AvgIpc) is 2.70. The Hall–Kier alpha value is -2.73. The van der Waals surface area contributed by atoms with Crippen molar-refractivity contribution in [2.45, 2.75) is 13.5 Å². The molecule has 144 valence electrons. The lowest BCUT2D eigenvalue weighted by atomic mass is 10.1. The normalized spacial score (nSPS) is 15.3. The molecule has 0 aliphatic carbocycles. The molecule has 0 atom stereocenters. The van der Waals surface area contributed by atoms with E-state index < -0.39 is 0 Å². The van der Waals surface area contributed by atoms with Crippen LogP contribution in [0.4, 0.5) is 0 Å². The second-order valence-corrected chi connectivity index (χ2v) is 6.73. The third kappa shape index (κ3) is 4.92. The van der Waals surface area contributed by atoms with Crippen molar-refractivity contribution in [3.8, 4) is 17.2 Å². The number of rotatable bonds is 6. The molecule has 1 N–H and O–H groups in total. The van der Waals surface area contributed by atoms with Gasteiger partial charge in [-0.1, -0.05) is 29.8 Å². The summed E-state index contributed by atoms with van der Waals surface area (Å²) in [6, 6.07) is 12.2. The summed E-state index contributed by atoms with van der Waals surface area (Å²) in [5.74, 6) is 0.749. The highest BCUT2D eigenvalue weighted by molar-refractivity contribution is 5.82.